The Labute approximate surface area is 139 Å². The predicted molar refractivity (Wildman–Crippen MR) is 85.5 cm³/mol. The number of carbonyl (C=O) groups is 2. The van der Waals surface area contributed by atoms with Crippen LogP contribution in [-0.4, -0.2) is 50.7 Å². The van der Waals surface area contributed by atoms with Gasteiger partial charge in [-0.15, -0.1) is 0 Å². The van der Waals surface area contributed by atoms with Crippen LogP contribution in [0.4, 0.5) is 0 Å². The highest BCUT2D eigenvalue weighted by Gasteiger charge is 2.14. The number of nitrogens with one attached hydrogen (secondary N) is 1. The van der Waals surface area contributed by atoms with Crippen LogP contribution >= 0.6 is 0 Å². The van der Waals surface area contributed by atoms with Gasteiger partial charge in [0.2, 0.25) is 0 Å². The zero-order chi connectivity index (χ0) is 17.9. The molecule has 0 aromatic carbocycles. The molecule has 9 heteroatoms. The summed E-state index contributed by atoms with van der Waals surface area (Å²) in [6, 6.07) is 0. The van der Waals surface area contributed by atoms with E-state index >= 15 is 0 Å². The van der Waals surface area contributed by atoms with Crippen molar-refractivity contribution in [3.05, 3.63) is 41.5 Å². The molecule has 0 aliphatic heterocycles. The van der Waals surface area contributed by atoms with Gasteiger partial charge in [0, 0.05) is 19.9 Å². The summed E-state index contributed by atoms with van der Waals surface area (Å²) in [5, 5.41) is 9.77. The number of hydrogen-bond donors (Lipinski definition) is 2. The predicted octanol–water partition coefficient (Wildman–Crippen LogP) is 0.567. The highest BCUT2D eigenvalue weighted by atomic mass is 16.5. The van der Waals surface area contributed by atoms with Gasteiger partial charge in [-0.25, -0.2) is 15.0 Å². The second-order valence-corrected chi connectivity index (χ2v) is 4.78. The molecular formula is C15H21N5O4. The molecule has 0 saturated heterocycles. The molecule has 0 spiro atoms. The van der Waals surface area contributed by atoms with Crippen LogP contribution in [0.15, 0.2) is 18.9 Å². The highest BCUT2D eigenvalue weighted by Crippen LogP contribution is 2.08. The third-order valence-corrected chi connectivity index (χ3v) is 3.22. The molecule has 2 N–H and O–H groups in total. The van der Waals surface area contributed by atoms with Crippen molar-refractivity contribution >= 4 is 12.4 Å². The molecule has 0 saturated carbocycles. The molecule has 0 bridgehead atoms. The number of hydrogen-bond acceptors (Lipinski definition) is 6. The number of nitrogens with zero attached hydrogens (tertiary/aromatic N) is 4. The Morgan fingerprint density at radius 2 is 2.00 bits per heavy atom. The van der Waals surface area contributed by atoms with Crippen LogP contribution in [0.1, 0.15) is 27.4 Å². The van der Waals surface area contributed by atoms with Crippen LogP contribution in [0, 0.1) is 13.8 Å². The molecule has 0 unspecified atom stereocenters. The second kappa shape index (κ2) is 10.1. The summed E-state index contributed by atoms with van der Waals surface area (Å²) in [6.45, 7) is 5.05. The average molecular weight is 335 g/mol. The van der Waals surface area contributed by atoms with Gasteiger partial charge in [0.25, 0.3) is 12.4 Å². The van der Waals surface area contributed by atoms with E-state index in [1.807, 2.05) is 4.57 Å². The van der Waals surface area contributed by atoms with Crippen LogP contribution in [0.25, 0.3) is 0 Å². The van der Waals surface area contributed by atoms with Gasteiger partial charge in [0.15, 0.2) is 0 Å². The number of aryl methyl sites for hydroxylation is 2. The Balaban J connectivity index is 0.000000891. The van der Waals surface area contributed by atoms with Crippen molar-refractivity contribution in [1.82, 2.24) is 24.8 Å². The molecule has 0 aliphatic rings. The molecule has 2 aromatic heterocycles. The van der Waals surface area contributed by atoms with E-state index in [0.717, 1.165) is 5.69 Å². The number of carbonyl (C=O) groups excluding carboxylic acids is 1. The molecular weight excluding hydrogens is 314 g/mol. The van der Waals surface area contributed by atoms with Gasteiger partial charge in [-0.1, -0.05) is 0 Å². The number of imidazole rings is 1. The minimum absolute atomic E-state index is 0.176. The van der Waals surface area contributed by atoms with Gasteiger partial charge in [-0.05, 0) is 13.8 Å². The van der Waals surface area contributed by atoms with Gasteiger partial charge >= 0.3 is 0 Å². The van der Waals surface area contributed by atoms with Gasteiger partial charge in [-0.3, -0.25) is 9.59 Å². The fourth-order valence-corrected chi connectivity index (χ4v) is 2.07. The lowest BCUT2D eigenvalue weighted by molar-refractivity contribution is -0.122. The molecule has 24 heavy (non-hydrogen) atoms. The lowest BCUT2D eigenvalue weighted by Crippen LogP contribution is -2.26. The van der Waals surface area contributed by atoms with Crippen LogP contribution < -0.4 is 5.32 Å². The largest absolute Gasteiger partial charge is 0.483 e. The van der Waals surface area contributed by atoms with Gasteiger partial charge < -0.3 is 19.7 Å². The maximum absolute atomic E-state index is 12.3. The number of aromatic nitrogens is 4. The van der Waals surface area contributed by atoms with E-state index in [9.17, 15) is 4.79 Å². The minimum atomic E-state index is -0.250. The first kappa shape index (κ1) is 19.2. The van der Waals surface area contributed by atoms with Crippen molar-refractivity contribution < 1.29 is 19.4 Å². The van der Waals surface area contributed by atoms with Crippen molar-refractivity contribution in [2.24, 2.45) is 0 Å². The molecule has 0 radical (unpaired) electrons. The third-order valence-electron chi connectivity index (χ3n) is 3.22. The Morgan fingerprint density at radius 1 is 1.38 bits per heavy atom. The van der Waals surface area contributed by atoms with E-state index in [-0.39, 0.29) is 12.4 Å². The lowest BCUT2D eigenvalue weighted by Gasteiger charge is -2.10. The number of rotatable bonds is 6. The molecule has 9 nitrogen and oxygen atoms in total. The summed E-state index contributed by atoms with van der Waals surface area (Å²) in [6.07, 6.45) is 4.92. The summed E-state index contributed by atoms with van der Waals surface area (Å²) >= 11 is 0. The summed E-state index contributed by atoms with van der Waals surface area (Å²) in [4.78, 5) is 32.8. The zero-order valence-corrected chi connectivity index (χ0v) is 13.9. The van der Waals surface area contributed by atoms with E-state index in [0.29, 0.717) is 36.6 Å². The lowest BCUT2D eigenvalue weighted by atomic mass is 10.1. The maximum Gasteiger partial charge on any atom is 0.290 e. The highest BCUT2D eigenvalue weighted by molar-refractivity contribution is 5.96. The van der Waals surface area contributed by atoms with Crippen LogP contribution in [0.5, 0.6) is 0 Å². The van der Waals surface area contributed by atoms with Crippen LogP contribution in [-0.2, 0) is 22.6 Å². The van der Waals surface area contributed by atoms with Crippen molar-refractivity contribution in [2.75, 3.05) is 13.7 Å². The molecule has 0 fully saturated rings. The topological polar surface area (TPSA) is 119 Å². The zero-order valence-electron chi connectivity index (χ0n) is 13.9. The van der Waals surface area contributed by atoms with Crippen molar-refractivity contribution in [1.29, 1.82) is 0 Å². The summed E-state index contributed by atoms with van der Waals surface area (Å²) in [5.41, 5.74) is 2.80. The second-order valence-electron chi connectivity index (χ2n) is 4.78. The Bertz CT molecular complexity index is 651. The Morgan fingerprint density at radius 3 is 2.58 bits per heavy atom. The molecule has 130 valence electrons. The van der Waals surface area contributed by atoms with Crippen molar-refractivity contribution in [3.8, 4) is 0 Å². The quantitative estimate of drug-likeness (QED) is 0.740. The van der Waals surface area contributed by atoms with E-state index in [1.165, 1.54) is 6.33 Å². The number of methoxy groups -OCH3 is 1. The number of carboxylic acid groups (broad SMARTS) is 1. The smallest absolute Gasteiger partial charge is 0.290 e. The SMILES string of the molecule is COCCn1cncc1CNC(=O)c1c(C)ncnc1C.O=CO. The summed E-state index contributed by atoms with van der Waals surface area (Å²) in [7, 11) is 1.65. The maximum atomic E-state index is 12.3. The fourth-order valence-electron chi connectivity index (χ4n) is 2.07. The third kappa shape index (κ3) is 5.43. The van der Waals surface area contributed by atoms with E-state index < -0.39 is 0 Å². The fraction of sp³-hybridized carbons (Fsp3) is 0.400. The summed E-state index contributed by atoms with van der Waals surface area (Å²) < 4.78 is 6.99. The molecule has 0 atom stereocenters. The van der Waals surface area contributed by atoms with Crippen molar-refractivity contribution in [2.45, 2.75) is 26.9 Å². The Kier molecular flexibility index (Phi) is 8.06. The summed E-state index contributed by atoms with van der Waals surface area (Å²) in [5.74, 6) is -0.176. The molecule has 2 heterocycles. The molecule has 0 aliphatic carbocycles. The monoisotopic (exact) mass is 335 g/mol. The molecule has 1 amide bonds. The van der Waals surface area contributed by atoms with Gasteiger partial charge in [0.05, 0.1) is 42.1 Å². The number of ether oxygens (including phenoxy) is 1. The molecule has 2 rings (SSSR count). The number of amides is 1. The first-order chi connectivity index (χ1) is 11.5. The van der Waals surface area contributed by atoms with E-state index in [2.05, 4.69) is 20.3 Å². The normalized spacial score (nSPS) is 9.79. The first-order valence-electron chi connectivity index (χ1n) is 7.17. The van der Waals surface area contributed by atoms with Crippen molar-refractivity contribution in [3.63, 3.8) is 0 Å². The van der Waals surface area contributed by atoms with Crippen LogP contribution in [0.2, 0.25) is 0 Å². The van der Waals surface area contributed by atoms with Crippen LogP contribution in [0.3, 0.4) is 0 Å². The minimum Gasteiger partial charge on any atom is -0.483 e. The average Bonchev–Trinajstić information content (AvgIpc) is 2.99. The van der Waals surface area contributed by atoms with Gasteiger partial charge in [-0.2, -0.15) is 0 Å². The molecule has 2 aromatic rings. The van der Waals surface area contributed by atoms with Gasteiger partial charge in [0.1, 0.15) is 6.33 Å². The first-order valence-corrected chi connectivity index (χ1v) is 7.17. The standard InChI is InChI=1S/C14H19N5O2.CH2O2/c1-10-13(11(2)18-8-17-10)14(20)16-7-12-6-15-9-19(12)4-5-21-3;2-1-3/h6,8-9H,4-5,7H2,1-3H3,(H,16,20);1H,(H,2,3). The Hall–Kier alpha value is -2.81. The van der Waals surface area contributed by atoms with E-state index in [4.69, 9.17) is 14.6 Å². The van der Waals surface area contributed by atoms with E-state index in [1.54, 1.807) is 33.5 Å².